The van der Waals surface area contributed by atoms with E-state index in [9.17, 15) is 4.79 Å². The highest BCUT2D eigenvalue weighted by Gasteiger charge is 2.35. The third kappa shape index (κ3) is 3.18. The fourth-order valence-electron chi connectivity index (χ4n) is 4.56. The van der Waals surface area contributed by atoms with E-state index in [2.05, 4.69) is 73.0 Å². The topological polar surface area (TPSA) is 38.1 Å². The Morgan fingerprint density at radius 3 is 2.53 bits per heavy atom. The first-order valence-corrected chi connectivity index (χ1v) is 10.5. The summed E-state index contributed by atoms with van der Waals surface area (Å²) in [4.78, 5) is 19.8. The summed E-state index contributed by atoms with van der Waals surface area (Å²) in [6.07, 6.45) is 0.485. The third-order valence-corrected chi connectivity index (χ3v) is 6.10. The van der Waals surface area contributed by atoms with Crippen molar-refractivity contribution in [2.75, 3.05) is 11.4 Å². The second-order valence-electron chi connectivity index (χ2n) is 8.16. The Hall–Kier alpha value is -3.40. The molecular formula is C26H25N3O. The van der Waals surface area contributed by atoms with Gasteiger partial charge in [-0.3, -0.25) is 4.79 Å². The SMILES string of the molecule is Cc1cccc(N2C[C@@H](c3nc4ccccc4n3[C@@H](C)c3ccccc3)CC2=O)c1. The molecule has 2 atom stereocenters. The Balaban J connectivity index is 1.57. The van der Waals surface area contributed by atoms with Gasteiger partial charge in [-0.2, -0.15) is 0 Å². The smallest absolute Gasteiger partial charge is 0.227 e. The molecule has 30 heavy (non-hydrogen) atoms. The van der Waals surface area contributed by atoms with Crippen molar-refractivity contribution in [1.82, 2.24) is 9.55 Å². The molecule has 5 rings (SSSR count). The molecule has 1 aliphatic heterocycles. The number of aryl methyl sites for hydroxylation is 1. The Kier molecular flexibility index (Phi) is 4.62. The van der Waals surface area contributed by atoms with Gasteiger partial charge in [-0.15, -0.1) is 0 Å². The van der Waals surface area contributed by atoms with E-state index >= 15 is 0 Å². The van der Waals surface area contributed by atoms with Gasteiger partial charge < -0.3 is 9.47 Å². The lowest BCUT2D eigenvalue weighted by atomic mass is 10.0. The van der Waals surface area contributed by atoms with Gasteiger partial charge in [-0.05, 0) is 49.2 Å². The Bertz CT molecular complexity index is 1210. The second-order valence-corrected chi connectivity index (χ2v) is 8.16. The quantitative estimate of drug-likeness (QED) is 0.459. The van der Waals surface area contributed by atoms with Crippen molar-refractivity contribution in [2.24, 2.45) is 0 Å². The lowest BCUT2D eigenvalue weighted by molar-refractivity contribution is -0.117. The number of anilines is 1. The molecule has 0 saturated carbocycles. The number of para-hydroxylation sites is 2. The van der Waals surface area contributed by atoms with E-state index in [-0.39, 0.29) is 17.9 Å². The van der Waals surface area contributed by atoms with E-state index in [4.69, 9.17) is 4.98 Å². The summed E-state index contributed by atoms with van der Waals surface area (Å²) < 4.78 is 2.32. The van der Waals surface area contributed by atoms with E-state index < -0.39 is 0 Å². The summed E-state index contributed by atoms with van der Waals surface area (Å²) in [5.74, 6) is 1.23. The maximum atomic E-state index is 12.9. The maximum Gasteiger partial charge on any atom is 0.227 e. The van der Waals surface area contributed by atoms with Crippen LogP contribution in [0.1, 0.15) is 42.3 Å². The summed E-state index contributed by atoms with van der Waals surface area (Å²) in [5.41, 5.74) is 5.47. The molecule has 3 aromatic carbocycles. The van der Waals surface area contributed by atoms with Crippen molar-refractivity contribution >= 4 is 22.6 Å². The van der Waals surface area contributed by atoms with Crippen molar-refractivity contribution in [2.45, 2.75) is 32.2 Å². The van der Waals surface area contributed by atoms with E-state index in [0.29, 0.717) is 13.0 Å². The van der Waals surface area contributed by atoms with Gasteiger partial charge in [0.1, 0.15) is 5.82 Å². The van der Waals surface area contributed by atoms with Crippen LogP contribution in [0.15, 0.2) is 78.9 Å². The Morgan fingerprint density at radius 1 is 0.967 bits per heavy atom. The summed E-state index contributed by atoms with van der Waals surface area (Å²) in [5, 5.41) is 0. The third-order valence-electron chi connectivity index (χ3n) is 6.10. The fraction of sp³-hybridized carbons (Fsp3) is 0.231. The number of hydrogen-bond acceptors (Lipinski definition) is 2. The molecule has 150 valence electrons. The van der Waals surface area contributed by atoms with Crippen molar-refractivity contribution in [3.8, 4) is 0 Å². The predicted molar refractivity (Wildman–Crippen MR) is 121 cm³/mol. The van der Waals surface area contributed by atoms with Gasteiger partial charge in [0.05, 0.1) is 17.1 Å². The number of imidazole rings is 1. The molecule has 0 spiro atoms. The number of benzene rings is 3. The standard InChI is InChI=1S/C26H25N3O/c1-18-9-8-12-22(15-18)28-17-21(16-25(28)30)26-27-23-13-6-7-14-24(23)29(26)19(2)20-10-4-3-5-11-20/h3-15,19,21H,16-17H2,1-2H3/t19-,21-/m0/s1. The van der Waals surface area contributed by atoms with Crippen molar-refractivity contribution in [3.05, 3.63) is 95.8 Å². The van der Waals surface area contributed by atoms with Crippen LogP contribution in [0, 0.1) is 6.92 Å². The molecule has 0 unspecified atom stereocenters. The fourth-order valence-corrected chi connectivity index (χ4v) is 4.56. The van der Waals surface area contributed by atoms with Crippen LogP contribution in [0.2, 0.25) is 0 Å². The molecule has 0 radical (unpaired) electrons. The van der Waals surface area contributed by atoms with Crippen LogP contribution in [0.3, 0.4) is 0 Å². The van der Waals surface area contributed by atoms with Crippen LogP contribution < -0.4 is 4.90 Å². The molecule has 4 aromatic rings. The van der Waals surface area contributed by atoms with Gasteiger partial charge in [-0.25, -0.2) is 4.98 Å². The Morgan fingerprint density at radius 2 is 1.73 bits per heavy atom. The van der Waals surface area contributed by atoms with Crippen LogP contribution in [-0.2, 0) is 4.79 Å². The minimum atomic E-state index is 0.0663. The minimum Gasteiger partial charge on any atom is -0.320 e. The molecule has 0 aliphatic carbocycles. The maximum absolute atomic E-state index is 12.9. The predicted octanol–water partition coefficient (Wildman–Crippen LogP) is 5.47. The minimum absolute atomic E-state index is 0.0663. The molecule has 0 N–H and O–H groups in total. The molecule has 4 nitrogen and oxygen atoms in total. The first-order valence-electron chi connectivity index (χ1n) is 10.5. The van der Waals surface area contributed by atoms with Gasteiger partial charge in [-0.1, -0.05) is 54.6 Å². The zero-order valence-electron chi connectivity index (χ0n) is 17.3. The number of carbonyl (C=O) groups excluding carboxylic acids is 1. The summed E-state index contributed by atoms with van der Waals surface area (Å²) >= 11 is 0. The van der Waals surface area contributed by atoms with Gasteiger partial charge in [0.15, 0.2) is 0 Å². The zero-order valence-corrected chi connectivity index (χ0v) is 17.3. The summed E-state index contributed by atoms with van der Waals surface area (Å²) in [6, 6.07) is 27.1. The number of aromatic nitrogens is 2. The molecule has 2 heterocycles. The average Bonchev–Trinajstić information content (AvgIpc) is 3.34. The van der Waals surface area contributed by atoms with Crippen molar-refractivity contribution in [1.29, 1.82) is 0 Å². The Labute approximate surface area is 176 Å². The number of nitrogens with zero attached hydrogens (tertiary/aromatic N) is 3. The summed E-state index contributed by atoms with van der Waals surface area (Å²) in [6.45, 7) is 4.93. The first-order chi connectivity index (χ1) is 14.6. The highest BCUT2D eigenvalue weighted by Crippen LogP contribution is 2.36. The molecule has 1 aromatic heterocycles. The number of fused-ring (bicyclic) bond motifs is 1. The van der Waals surface area contributed by atoms with Crippen LogP contribution >= 0.6 is 0 Å². The van der Waals surface area contributed by atoms with Gasteiger partial charge in [0, 0.05) is 24.6 Å². The molecule has 1 amide bonds. The monoisotopic (exact) mass is 395 g/mol. The van der Waals surface area contributed by atoms with Gasteiger partial charge in [0.25, 0.3) is 0 Å². The van der Waals surface area contributed by atoms with Gasteiger partial charge >= 0.3 is 0 Å². The molecule has 1 aliphatic rings. The molecule has 4 heteroatoms. The number of amides is 1. The van der Waals surface area contributed by atoms with E-state index in [1.807, 2.05) is 29.2 Å². The molecule has 1 fully saturated rings. The number of rotatable bonds is 4. The number of carbonyl (C=O) groups is 1. The van der Waals surface area contributed by atoms with E-state index in [0.717, 1.165) is 28.1 Å². The molecular weight excluding hydrogens is 370 g/mol. The lowest BCUT2D eigenvalue weighted by Gasteiger charge is -2.21. The normalized spacial score (nSPS) is 17.6. The van der Waals surface area contributed by atoms with Crippen LogP contribution in [0.25, 0.3) is 11.0 Å². The summed E-state index contributed by atoms with van der Waals surface area (Å²) in [7, 11) is 0. The van der Waals surface area contributed by atoms with Crippen molar-refractivity contribution < 1.29 is 4.79 Å². The highest BCUT2D eigenvalue weighted by molar-refractivity contribution is 5.96. The average molecular weight is 396 g/mol. The van der Waals surface area contributed by atoms with Crippen LogP contribution in [0.4, 0.5) is 5.69 Å². The second kappa shape index (κ2) is 7.45. The zero-order chi connectivity index (χ0) is 20.7. The lowest BCUT2D eigenvalue weighted by Crippen LogP contribution is -2.24. The number of hydrogen-bond donors (Lipinski definition) is 0. The molecule has 0 bridgehead atoms. The highest BCUT2D eigenvalue weighted by atomic mass is 16.2. The van der Waals surface area contributed by atoms with Gasteiger partial charge in [0.2, 0.25) is 5.91 Å². The van der Waals surface area contributed by atoms with E-state index in [1.165, 1.54) is 5.56 Å². The van der Waals surface area contributed by atoms with Crippen LogP contribution in [0.5, 0.6) is 0 Å². The van der Waals surface area contributed by atoms with E-state index in [1.54, 1.807) is 0 Å². The van der Waals surface area contributed by atoms with Crippen molar-refractivity contribution in [3.63, 3.8) is 0 Å². The largest absolute Gasteiger partial charge is 0.320 e. The van der Waals surface area contributed by atoms with Crippen LogP contribution in [-0.4, -0.2) is 22.0 Å². The first kappa shape index (κ1) is 18.6. The molecule has 1 saturated heterocycles.